The summed E-state index contributed by atoms with van der Waals surface area (Å²) in [5.74, 6) is -1.08. The molecule has 0 saturated carbocycles. The lowest BCUT2D eigenvalue weighted by molar-refractivity contribution is -0.148. The normalized spacial score (nSPS) is 22.1. The van der Waals surface area contributed by atoms with Crippen molar-refractivity contribution in [3.05, 3.63) is 35.6 Å². The number of hydrogen-bond acceptors (Lipinski definition) is 9. The minimum atomic E-state index is -1.60. The number of hydrogen-bond donors (Lipinski definition) is 3. The van der Waals surface area contributed by atoms with Gasteiger partial charge in [-0.2, -0.15) is 0 Å². The molecule has 2 amide bonds. The molecule has 2 aliphatic heterocycles. The van der Waals surface area contributed by atoms with Crippen molar-refractivity contribution in [1.29, 1.82) is 0 Å². The third-order valence-electron chi connectivity index (χ3n) is 3.81. The van der Waals surface area contributed by atoms with Gasteiger partial charge in [-0.1, -0.05) is 5.16 Å². The SMILES string of the molecule is CO/N=C(\C(=O)NC1C(=O)N2C(OC(=O)O)=C(CO)CS[C@@H]12)c1ccco1. The van der Waals surface area contributed by atoms with Gasteiger partial charge in [0.25, 0.3) is 11.8 Å². The third kappa shape index (κ3) is 3.48. The number of thioether (sulfide) groups is 1. The van der Waals surface area contributed by atoms with E-state index in [-0.39, 0.29) is 28.7 Å². The van der Waals surface area contributed by atoms with Crippen LogP contribution in [0.2, 0.25) is 0 Å². The molecule has 0 aromatic carbocycles. The van der Waals surface area contributed by atoms with E-state index in [0.717, 1.165) is 4.90 Å². The quantitative estimate of drug-likeness (QED) is 0.259. The summed E-state index contributed by atoms with van der Waals surface area (Å²) in [6.07, 6.45) is -0.244. The molecule has 0 aliphatic carbocycles. The van der Waals surface area contributed by atoms with Gasteiger partial charge in [0.1, 0.15) is 18.5 Å². The van der Waals surface area contributed by atoms with Gasteiger partial charge < -0.3 is 29.5 Å². The molecule has 1 saturated heterocycles. The second-order valence-electron chi connectivity index (χ2n) is 5.40. The topological polar surface area (TPSA) is 151 Å². The zero-order chi connectivity index (χ0) is 19.6. The fraction of sp³-hybridized carbons (Fsp3) is 0.333. The first-order valence-electron chi connectivity index (χ1n) is 7.62. The van der Waals surface area contributed by atoms with Crippen LogP contribution in [0.3, 0.4) is 0 Å². The molecule has 27 heavy (non-hydrogen) atoms. The highest BCUT2D eigenvalue weighted by molar-refractivity contribution is 8.00. The smallest absolute Gasteiger partial charge is 0.462 e. The number of fused-ring (bicyclic) bond motifs is 1. The second kappa shape index (κ2) is 7.72. The Balaban J connectivity index is 1.76. The summed E-state index contributed by atoms with van der Waals surface area (Å²) in [5.41, 5.74) is 0.122. The number of amides is 2. The lowest BCUT2D eigenvalue weighted by Gasteiger charge is -2.48. The maximum Gasteiger partial charge on any atom is 0.512 e. The van der Waals surface area contributed by atoms with E-state index in [2.05, 4.69) is 20.0 Å². The maximum atomic E-state index is 12.5. The van der Waals surface area contributed by atoms with Crippen LogP contribution in [0.25, 0.3) is 0 Å². The lowest BCUT2D eigenvalue weighted by atomic mass is 10.1. The van der Waals surface area contributed by atoms with Gasteiger partial charge in [0.2, 0.25) is 11.6 Å². The molecule has 2 atom stereocenters. The highest BCUT2D eigenvalue weighted by Gasteiger charge is 2.54. The van der Waals surface area contributed by atoms with Crippen molar-refractivity contribution >= 4 is 35.4 Å². The van der Waals surface area contributed by atoms with Gasteiger partial charge in [-0.15, -0.1) is 11.8 Å². The van der Waals surface area contributed by atoms with Crippen LogP contribution in [-0.2, 0) is 19.2 Å². The number of rotatable bonds is 6. The van der Waals surface area contributed by atoms with Crippen molar-refractivity contribution in [2.45, 2.75) is 11.4 Å². The molecule has 0 radical (unpaired) electrons. The summed E-state index contributed by atoms with van der Waals surface area (Å²) in [7, 11) is 1.26. The molecule has 1 aromatic heterocycles. The highest BCUT2D eigenvalue weighted by Crippen LogP contribution is 2.40. The standard InChI is InChI=1S/C15H15N3O8S/c1-24-17-9(8-3-2-4-25-8)11(20)16-10-12(21)18-13(26-15(22)23)7(5-19)6-27-14(10)18/h2-4,10,14,19H,5-6H2,1H3,(H,16,20)(H,22,23)/b17-9-/t10?,14-/m0/s1. The molecule has 144 valence electrons. The summed E-state index contributed by atoms with van der Waals surface area (Å²) in [6, 6.07) is 2.15. The summed E-state index contributed by atoms with van der Waals surface area (Å²) in [6.45, 7) is -0.452. The van der Waals surface area contributed by atoms with Gasteiger partial charge in [0.15, 0.2) is 5.76 Å². The van der Waals surface area contributed by atoms with Gasteiger partial charge in [-0.05, 0) is 12.1 Å². The number of ether oxygens (including phenoxy) is 1. The Kier molecular flexibility index (Phi) is 5.37. The molecular weight excluding hydrogens is 382 g/mol. The minimum absolute atomic E-state index is 0.150. The molecule has 2 aliphatic rings. The Morgan fingerprint density at radius 1 is 1.52 bits per heavy atom. The monoisotopic (exact) mass is 397 g/mol. The molecule has 1 fully saturated rings. The average Bonchev–Trinajstić information content (AvgIpc) is 3.17. The zero-order valence-electron chi connectivity index (χ0n) is 13.9. The molecule has 12 heteroatoms. The number of nitrogens with one attached hydrogen (secondary N) is 1. The molecule has 0 bridgehead atoms. The zero-order valence-corrected chi connectivity index (χ0v) is 14.8. The van der Waals surface area contributed by atoms with Crippen LogP contribution >= 0.6 is 11.8 Å². The van der Waals surface area contributed by atoms with Crippen LogP contribution in [0.4, 0.5) is 4.79 Å². The molecule has 1 unspecified atom stereocenters. The van der Waals surface area contributed by atoms with Crippen LogP contribution in [0.15, 0.2) is 39.4 Å². The van der Waals surface area contributed by atoms with E-state index in [1.54, 1.807) is 6.07 Å². The van der Waals surface area contributed by atoms with Crippen LogP contribution in [0, 0.1) is 0 Å². The summed E-state index contributed by atoms with van der Waals surface area (Å²) < 4.78 is 9.79. The third-order valence-corrected chi connectivity index (χ3v) is 5.15. The summed E-state index contributed by atoms with van der Waals surface area (Å²) in [5, 5.41) is 23.8. The van der Waals surface area contributed by atoms with Gasteiger partial charge in [0.05, 0.1) is 12.9 Å². The predicted molar refractivity (Wildman–Crippen MR) is 90.5 cm³/mol. The molecule has 3 N–H and O–H groups in total. The van der Waals surface area contributed by atoms with E-state index in [9.17, 15) is 19.5 Å². The van der Waals surface area contributed by atoms with Crippen LogP contribution in [0.5, 0.6) is 0 Å². The fourth-order valence-electron chi connectivity index (χ4n) is 2.63. The molecule has 1 aromatic rings. The molecule has 11 nitrogen and oxygen atoms in total. The Morgan fingerprint density at radius 2 is 2.30 bits per heavy atom. The fourth-order valence-corrected chi connectivity index (χ4v) is 3.94. The first-order valence-corrected chi connectivity index (χ1v) is 8.67. The Labute approximate surface area is 156 Å². The first-order chi connectivity index (χ1) is 13.0. The summed E-state index contributed by atoms with van der Waals surface area (Å²) in [4.78, 5) is 41.6. The van der Waals surface area contributed by atoms with E-state index in [0.29, 0.717) is 0 Å². The lowest BCUT2D eigenvalue weighted by Crippen LogP contribution is -2.70. The number of aliphatic hydroxyl groups excluding tert-OH is 1. The molecule has 3 rings (SSSR count). The molecule has 3 heterocycles. The van der Waals surface area contributed by atoms with Gasteiger partial charge in [-0.25, -0.2) is 4.79 Å². The van der Waals surface area contributed by atoms with E-state index in [1.165, 1.54) is 31.2 Å². The number of carbonyl (C=O) groups is 3. The van der Waals surface area contributed by atoms with Crippen LogP contribution < -0.4 is 5.32 Å². The van der Waals surface area contributed by atoms with E-state index < -0.39 is 36.0 Å². The number of carbonyl (C=O) groups excluding carboxylic acids is 2. The largest absolute Gasteiger partial charge is 0.512 e. The van der Waals surface area contributed by atoms with Crippen molar-refractivity contribution in [3.8, 4) is 0 Å². The summed E-state index contributed by atoms with van der Waals surface area (Å²) >= 11 is 1.26. The van der Waals surface area contributed by atoms with Gasteiger partial charge >= 0.3 is 6.16 Å². The Bertz CT molecular complexity index is 819. The van der Waals surface area contributed by atoms with E-state index >= 15 is 0 Å². The maximum absolute atomic E-state index is 12.5. The number of carboxylic acid groups (broad SMARTS) is 1. The van der Waals surface area contributed by atoms with Crippen molar-refractivity contribution < 1.29 is 38.6 Å². The Morgan fingerprint density at radius 3 is 2.89 bits per heavy atom. The second-order valence-corrected chi connectivity index (χ2v) is 6.50. The molecular formula is C15H15N3O8S. The minimum Gasteiger partial charge on any atom is -0.462 e. The highest BCUT2D eigenvalue weighted by atomic mass is 32.2. The van der Waals surface area contributed by atoms with E-state index in [4.69, 9.17) is 9.52 Å². The molecule has 0 spiro atoms. The average molecular weight is 397 g/mol. The van der Waals surface area contributed by atoms with Crippen LogP contribution in [-0.4, -0.2) is 69.7 Å². The van der Waals surface area contributed by atoms with Gasteiger partial charge in [-0.3, -0.25) is 14.5 Å². The number of β-lactam (4-membered cyclic amide) rings is 1. The number of aliphatic hydroxyl groups is 1. The van der Waals surface area contributed by atoms with Crippen molar-refractivity contribution in [1.82, 2.24) is 10.2 Å². The van der Waals surface area contributed by atoms with Gasteiger partial charge in [0, 0.05) is 11.3 Å². The number of furan rings is 1. The van der Waals surface area contributed by atoms with Crippen LogP contribution in [0.1, 0.15) is 5.76 Å². The number of nitrogens with zero attached hydrogens (tertiary/aromatic N) is 2. The van der Waals surface area contributed by atoms with E-state index in [1.807, 2.05) is 0 Å². The van der Waals surface area contributed by atoms with Crippen molar-refractivity contribution in [2.75, 3.05) is 19.5 Å². The van der Waals surface area contributed by atoms with Crippen molar-refractivity contribution in [3.63, 3.8) is 0 Å². The Hall–Kier alpha value is -2.99. The predicted octanol–water partition coefficient (Wildman–Crippen LogP) is -0.0715. The van der Waals surface area contributed by atoms with Crippen molar-refractivity contribution in [2.24, 2.45) is 5.16 Å². The number of oxime groups is 1. The first kappa shape index (κ1) is 18.8.